The molecule has 2 fully saturated rings. The SMILES string of the molecule is CC1CCCC(N2CCC(=O)NC2=O)CCC1. The number of rotatable bonds is 1. The van der Waals surface area contributed by atoms with Gasteiger partial charge < -0.3 is 4.90 Å². The van der Waals surface area contributed by atoms with Crippen molar-refractivity contribution < 1.29 is 9.59 Å². The smallest absolute Gasteiger partial charge is 0.321 e. The number of carbonyl (C=O) groups is 2. The van der Waals surface area contributed by atoms with Gasteiger partial charge in [0.05, 0.1) is 0 Å². The minimum absolute atomic E-state index is 0.134. The van der Waals surface area contributed by atoms with E-state index in [1.807, 2.05) is 4.90 Å². The fraction of sp³-hybridized carbons (Fsp3) is 0.846. The van der Waals surface area contributed by atoms with Gasteiger partial charge in [-0.1, -0.05) is 32.6 Å². The van der Waals surface area contributed by atoms with Crippen LogP contribution in [0.1, 0.15) is 51.9 Å². The molecule has 0 aromatic carbocycles. The number of carbonyl (C=O) groups excluding carboxylic acids is 2. The third-order valence-corrected chi connectivity index (χ3v) is 4.00. The Kier molecular flexibility index (Phi) is 4.02. The number of urea groups is 1. The Labute approximate surface area is 103 Å². The molecule has 0 aromatic heterocycles. The molecule has 3 amide bonds. The molecule has 1 aliphatic carbocycles. The topological polar surface area (TPSA) is 49.4 Å². The van der Waals surface area contributed by atoms with Crippen molar-refractivity contribution in [3.63, 3.8) is 0 Å². The van der Waals surface area contributed by atoms with E-state index < -0.39 is 0 Å². The average molecular weight is 238 g/mol. The van der Waals surface area contributed by atoms with Gasteiger partial charge in [0.1, 0.15) is 0 Å². The first kappa shape index (κ1) is 12.4. The molecule has 1 saturated heterocycles. The van der Waals surface area contributed by atoms with Crippen molar-refractivity contribution in [3.05, 3.63) is 0 Å². The second-order valence-electron chi connectivity index (χ2n) is 5.42. The Morgan fingerprint density at radius 3 is 2.35 bits per heavy atom. The molecule has 1 heterocycles. The summed E-state index contributed by atoms with van der Waals surface area (Å²) in [6.07, 6.45) is 7.57. The summed E-state index contributed by atoms with van der Waals surface area (Å²) in [6.45, 7) is 2.91. The molecule has 17 heavy (non-hydrogen) atoms. The van der Waals surface area contributed by atoms with Gasteiger partial charge >= 0.3 is 6.03 Å². The number of imide groups is 1. The van der Waals surface area contributed by atoms with Crippen molar-refractivity contribution in [2.45, 2.75) is 57.9 Å². The van der Waals surface area contributed by atoms with E-state index in [0.717, 1.165) is 18.8 Å². The number of nitrogens with one attached hydrogen (secondary N) is 1. The molecule has 0 atom stereocenters. The summed E-state index contributed by atoms with van der Waals surface area (Å²) in [5, 5.41) is 2.42. The van der Waals surface area contributed by atoms with Crippen LogP contribution in [0.4, 0.5) is 4.79 Å². The van der Waals surface area contributed by atoms with Crippen LogP contribution in [-0.2, 0) is 4.79 Å². The fourth-order valence-electron chi connectivity index (χ4n) is 2.93. The Bertz CT molecular complexity index is 294. The molecule has 1 saturated carbocycles. The van der Waals surface area contributed by atoms with Crippen molar-refractivity contribution in [2.24, 2.45) is 5.92 Å². The highest BCUT2D eigenvalue weighted by atomic mass is 16.2. The first-order valence-corrected chi connectivity index (χ1v) is 6.77. The Hall–Kier alpha value is -1.06. The van der Waals surface area contributed by atoms with Crippen LogP contribution >= 0.6 is 0 Å². The lowest BCUT2D eigenvalue weighted by Gasteiger charge is -2.35. The van der Waals surface area contributed by atoms with Crippen molar-refractivity contribution in [3.8, 4) is 0 Å². The van der Waals surface area contributed by atoms with E-state index in [2.05, 4.69) is 12.2 Å². The lowest BCUT2D eigenvalue weighted by Crippen LogP contribution is -2.53. The van der Waals surface area contributed by atoms with E-state index in [0.29, 0.717) is 19.0 Å². The third-order valence-electron chi connectivity index (χ3n) is 4.00. The minimum Gasteiger partial charge on any atom is -0.321 e. The zero-order chi connectivity index (χ0) is 12.3. The lowest BCUT2D eigenvalue weighted by molar-refractivity contribution is -0.121. The first-order chi connectivity index (χ1) is 8.16. The van der Waals surface area contributed by atoms with Gasteiger partial charge in [-0.15, -0.1) is 0 Å². The van der Waals surface area contributed by atoms with Crippen molar-refractivity contribution in [2.75, 3.05) is 6.54 Å². The van der Waals surface area contributed by atoms with Crippen molar-refractivity contribution in [1.82, 2.24) is 10.2 Å². The Balaban J connectivity index is 1.92. The highest BCUT2D eigenvalue weighted by Gasteiger charge is 2.29. The molecule has 0 radical (unpaired) electrons. The second kappa shape index (κ2) is 5.52. The monoisotopic (exact) mass is 238 g/mol. The lowest BCUT2D eigenvalue weighted by atomic mass is 9.89. The van der Waals surface area contributed by atoms with E-state index in [1.54, 1.807) is 0 Å². The maximum Gasteiger partial charge on any atom is 0.324 e. The van der Waals surface area contributed by atoms with Crippen LogP contribution in [0, 0.1) is 5.92 Å². The van der Waals surface area contributed by atoms with Crippen LogP contribution in [0.3, 0.4) is 0 Å². The second-order valence-corrected chi connectivity index (χ2v) is 5.42. The average Bonchev–Trinajstić information content (AvgIpc) is 2.24. The van der Waals surface area contributed by atoms with Crippen LogP contribution in [0.5, 0.6) is 0 Å². The van der Waals surface area contributed by atoms with Crippen LogP contribution in [-0.4, -0.2) is 29.4 Å². The molecule has 1 aliphatic heterocycles. The molecule has 2 rings (SSSR count). The number of nitrogens with zero attached hydrogens (tertiary/aromatic N) is 1. The Morgan fingerprint density at radius 1 is 1.12 bits per heavy atom. The molecule has 0 spiro atoms. The number of amides is 3. The van der Waals surface area contributed by atoms with Crippen LogP contribution in [0.25, 0.3) is 0 Å². The predicted molar refractivity (Wildman–Crippen MR) is 65.5 cm³/mol. The summed E-state index contributed by atoms with van der Waals surface area (Å²) in [6, 6.07) is 0.162. The van der Waals surface area contributed by atoms with Gasteiger partial charge in [-0.3, -0.25) is 10.1 Å². The third kappa shape index (κ3) is 3.20. The van der Waals surface area contributed by atoms with Gasteiger partial charge in [0.15, 0.2) is 0 Å². The van der Waals surface area contributed by atoms with Gasteiger partial charge in [0, 0.05) is 19.0 Å². The molecule has 4 heteroatoms. The summed E-state index contributed by atoms with van der Waals surface area (Å²) in [4.78, 5) is 24.7. The van der Waals surface area contributed by atoms with Crippen molar-refractivity contribution >= 4 is 11.9 Å². The Morgan fingerprint density at radius 2 is 1.76 bits per heavy atom. The van der Waals surface area contributed by atoms with Gasteiger partial charge in [-0.05, 0) is 18.8 Å². The molecule has 4 nitrogen and oxygen atoms in total. The first-order valence-electron chi connectivity index (χ1n) is 6.77. The standard InChI is InChI=1S/C13H22N2O2/c1-10-4-2-6-11(7-3-5-10)15-9-8-12(16)14-13(15)17/h10-11H,2-9H2,1H3,(H,14,16,17). The van der Waals surface area contributed by atoms with Gasteiger partial charge in [-0.25, -0.2) is 4.79 Å². The van der Waals surface area contributed by atoms with E-state index in [4.69, 9.17) is 0 Å². The summed E-state index contributed by atoms with van der Waals surface area (Å²) >= 11 is 0. The molecule has 2 aliphatic rings. The number of hydrogen-bond acceptors (Lipinski definition) is 2. The van der Waals surface area contributed by atoms with E-state index >= 15 is 0 Å². The van der Waals surface area contributed by atoms with Crippen LogP contribution in [0.15, 0.2) is 0 Å². The molecule has 0 bridgehead atoms. The van der Waals surface area contributed by atoms with Crippen LogP contribution < -0.4 is 5.32 Å². The summed E-state index contributed by atoms with van der Waals surface area (Å²) in [5.74, 6) is 0.693. The molecular weight excluding hydrogens is 216 g/mol. The van der Waals surface area contributed by atoms with E-state index in [1.165, 1.54) is 25.7 Å². The summed E-state index contributed by atoms with van der Waals surface area (Å²) in [7, 11) is 0. The summed E-state index contributed by atoms with van der Waals surface area (Å²) < 4.78 is 0. The molecule has 0 unspecified atom stereocenters. The number of hydrogen-bond donors (Lipinski definition) is 1. The normalized spacial score (nSPS) is 31.7. The zero-order valence-corrected chi connectivity index (χ0v) is 10.6. The van der Waals surface area contributed by atoms with E-state index in [-0.39, 0.29) is 11.9 Å². The largest absolute Gasteiger partial charge is 0.324 e. The molecule has 1 N–H and O–H groups in total. The summed E-state index contributed by atoms with van der Waals surface area (Å²) in [5.41, 5.74) is 0. The molecule has 96 valence electrons. The van der Waals surface area contributed by atoms with Crippen LogP contribution in [0.2, 0.25) is 0 Å². The predicted octanol–water partition coefficient (Wildman–Crippen LogP) is 2.29. The molecular formula is C13H22N2O2. The minimum atomic E-state index is -0.181. The maximum atomic E-state index is 11.8. The van der Waals surface area contributed by atoms with Crippen molar-refractivity contribution in [1.29, 1.82) is 0 Å². The molecule has 0 aromatic rings. The highest BCUT2D eigenvalue weighted by molar-refractivity contribution is 5.96. The van der Waals surface area contributed by atoms with Gasteiger partial charge in [0.25, 0.3) is 0 Å². The maximum absolute atomic E-state index is 11.8. The quantitative estimate of drug-likeness (QED) is 0.762. The van der Waals surface area contributed by atoms with Gasteiger partial charge in [0.2, 0.25) is 5.91 Å². The fourth-order valence-corrected chi connectivity index (χ4v) is 2.93. The zero-order valence-electron chi connectivity index (χ0n) is 10.6. The van der Waals surface area contributed by atoms with Gasteiger partial charge in [-0.2, -0.15) is 0 Å². The highest BCUT2D eigenvalue weighted by Crippen LogP contribution is 2.25. The van der Waals surface area contributed by atoms with E-state index in [9.17, 15) is 9.59 Å².